The second kappa shape index (κ2) is 3.43. The van der Waals surface area contributed by atoms with Crippen LogP contribution in [0.1, 0.15) is 18.1 Å². The van der Waals surface area contributed by atoms with Crippen LogP contribution >= 0.6 is 0 Å². The van der Waals surface area contributed by atoms with Crippen LogP contribution in [0.2, 0.25) is 0 Å². The maximum absolute atomic E-state index is 10.6. The Bertz CT molecular complexity index is 348. The predicted octanol–water partition coefficient (Wildman–Crippen LogP) is 2.05. The summed E-state index contributed by atoms with van der Waals surface area (Å²) < 4.78 is 0. The molecular formula is C9H12N2O2. The van der Waals surface area contributed by atoms with Gasteiger partial charge in [-0.25, -0.2) is 0 Å². The molecule has 0 spiro atoms. The summed E-state index contributed by atoms with van der Waals surface area (Å²) in [6, 6.07) is 3.37. The maximum atomic E-state index is 10.6. The molecule has 0 bridgehead atoms. The van der Waals surface area contributed by atoms with Crippen molar-refractivity contribution in [1.29, 1.82) is 0 Å². The van der Waals surface area contributed by atoms with E-state index in [0.29, 0.717) is 6.42 Å². The summed E-state index contributed by atoms with van der Waals surface area (Å²) in [4.78, 5) is 10.1. The van der Waals surface area contributed by atoms with Gasteiger partial charge in [-0.05, 0) is 24.5 Å². The topological polar surface area (TPSA) is 69.2 Å². The standard InChI is InChI=1S/C9H12N2O2/c1-3-7-4-6(2)5-8(9(7)10)11(12)13/h4-5H,3,10H2,1-2H3. The van der Waals surface area contributed by atoms with E-state index >= 15 is 0 Å². The first-order valence-corrected chi connectivity index (χ1v) is 4.09. The zero-order valence-corrected chi connectivity index (χ0v) is 7.70. The lowest BCUT2D eigenvalue weighted by molar-refractivity contribution is -0.384. The zero-order valence-electron chi connectivity index (χ0n) is 7.70. The van der Waals surface area contributed by atoms with E-state index < -0.39 is 4.92 Å². The van der Waals surface area contributed by atoms with Crippen LogP contribution in [0.3, 0.4) is 0 Å². The number of nitrogens with zero attached hydrogens (tertiary/aromatic N) is 1. The van der Waals surface area contributed by atoms with Gasteiger partial charge >= 0.3 is 0 Å². The minimum Gasteiger partial charge on any atom is -0.393 e. The highest BCUT2D eigenvalue weighted by Gasteiger charge is 2.14. The number of aryl methyl sites for hydroxylation is 2. The molecule has 0 aliphatic rings. The Morgan fingerprint density at radius 3 is 2.62 bits per heavy atom. The van der Waals surface area contributed by atoms with Gasteiger partial charge in [0.25, 0.3) is 5.69 Å². The molecule has 0 saturated heterocycles. The first kappa shape index (κ1) is 9.51. The van der Waals surface area contributed by atoms with Gasteiger partial charge in [0.15, 0.2) is 0 Å². The third-order valence-corrected chi connectivity index (χ3v) is 1.97. The summed E-state index contributed by atoms with van der Waals surface area (Å²) in [6.45, 7) is 3.75. The molecule has 1 aromatic carbocycles. The Kier molecular flexibility index (Phi) is 2.51. The second-order valence-electron chi connectivity index (χ2n) is 2.97. The number of nitrogen functional groups attached to an aromatic ring is 1. The van der Waals surface area contributed by atoms with Gasteiger partial charge in [0.05, 0.1) is 4.92 Å². The van der Waals surface area contributed by atoms with Crippen LogP contribution in [-0.4, -0.2) is 4.92 Å². The average Bonchev–Trinajstić information content (AvgIpc) is 2.08. The number of anilines is 1. The molecule has 0 saturated carbocycles. The third kappa shape index (κ3) is 1.77. The molecule has 0 radical (unpaired) electrons. The Morgan fingerprint density at radius 2 is 2.15 bits per heavy atom. The highest BCUT2D eigenvalue weighted by molar-refractivity contribution is 5.64. The molecule has 0 aromatic heterocycles. The summed E-state index contributed by atoms with van der Waals surface area (Å²) in [5.41, 5.74) is 7.64. The SMILES string of the molecule is CCc1cc(C)cc([N+](=O)[O-])c1N. The Morgan fingerprint density at radius 1 is 1.54 bits per heavy atom. The Hall–Kier alpha value is -1.58. The molecule has 0 aliphatic carbocycles. The first-order valence-electron chi connectivity index (χ1n) is 4.09. The summed E-state index contributed by atoms with van der Waals surface area (Å²) in [7, 11) is 0. The number of hydrogen-bond donors (Lipinski definition) is 1. The lowest BCUT2D eigenvalue weighted by Gasteiger charge is -2.04. The molecule has 1 rings (SSSR count). The molecule has 0 amide bonds. The van der Waals surface area contributed by atoms with Crippen LogP contribution in [-0.2, 0) is 6.42 Å². The lowest BCUT2D eigenvalue weighted by Crippen LogP contribution is -2.00. The lowest BCUT2D eigenvalue weighted by atomic mass is 10.1. The Labute approximate surface area is 76.5 Å². The highest BCUT2D eigenvalue weighted by atomic mass is 16.6. The van der Waals surface area contributed by atoms with Crippen molar-refractivity contribution < 1.29 is 4.92 Å². The fourth-order valence-electron chi connectivity index (χ4n) is 1.30. The van der Waals surface area contributed by atoms with Gasteiger partial charge in [-0.1, -0.05) is 13.0 Å². The molecule has 70 valence electrons. The monoisotopic (exact) mass is 180 g/mol. The zero-order chi connectivity index (χ0) is 10.0. The molecular weight excluding hydrogens is 168 g/mol. The molecule has 0 unspecified atom stereocenters. The number of rotatable bonds is 2. The van der Waals surface area contributed by atoms with E-state index in [1.54, 1.807) is 0 Å². The van der Waals surface area contributed by atoms with E-state index in [4.69, 9.17) is 5.73 Å². The molecule has 0 atom stereocenters. The smallest absolute Gasteiger partial charge is 0.292 e. The number of benzene rings is 1. The van der Waals surface area contributed by atoms with Crippen molar-refractivity contribution in [3.8, 4) is 0 Å². The van der Waals surface area contributed by atoms with Crippen LogP contribution in [0.25, 0.3) is 0 Å². The number of hydrogen-bond acceptors (Lipinski definition) is 3. The summed E-state index contributed by atoms with van der Waals surface area (Å²) in [5.74, 6) is 0. The molecule has 4 heteroatoms. The van der Waals surface area contributed by atoms with Crippen LogP contribution in [0.4, 0.5) is 11.4 Å². The fourth-order valence-corrected chi connectivity index (χ4v) is 1.30. The fraction of sp³-hybridized carbons (Fsp3) is 0.333. The van der Waals surface area contributed by atoms with Crippen molar-refractivity contribution in [2.75, 3.05) is 5.73 Å². The first-order chi connectivity index (χ1) is 6.06. The summed E-state index contributed by atoms with van der Waals surface area (Å²) in [5, 5.41) is 10.6. The third-order valence-electron chi connectivity index (χ3n) is 1.97. The molecule has 0 aliphatic heterocycles. The molecule has 4 nitrogen and oxygen atoms in total. The van der Waals surface area contributed by atoms with Gasteiger partial charge in [0.2, 0.25) is 0 Å². The van der Waals surface area contributed by atoms with E-state index in [0.717, 1.165) is 11.1 Å². The van der Waals surface area contributed by atoms with Crippen LogP contribution in [0.15, 0.2) is 12.1 Å². The van der Waals surface area contributed by atoms with E-state index in [1.807, 2.05) is 19.9 Å². The summed E-state index contributed by atoms with van der Waals surface area (Å²) >= 11 is 0. The van der Waals surface area contributed by atoms with Crippen LogP contribution in [0.5, 0.6) is 0 Å². The maximum Gasteiger partial charge on any atom is 0.292 e. The average molecular weight is 180 g/mol. The van der Waals surface area contributed by atoms with Gasteiger partial charge in [-0.2, -0.15) is 0 Å². The Balaban J connectivity index is 3.35. The van der Waals surface area contributed by atoms with Gasteiger partial charge in [0, 0.05) is 6.07 Å². The number of nitro benzene ring substituents is 1. The number of nitrogens with two attached hydrogens (primary N) is 1. The van der Waals surface area contributed by atoms with E-state index in [1.165, 1.54) is 6.07 Å². The molecule has 2 N–H and O–H groups in total. The normalized spacial score (nSPS) is 10.0. The highest BCUT2D eigenvalue weighted by Crippen LogP contribution is 2.27. The van der Waals surface area contributed by atoms with E-state index in [-0.39, 0.29) is 11.4 Å². The van der Waals surface area contributed by atoms with E-state index in [2.05, 4.69) is 0 Å². The summed E-state index contributed by atoms with van der Waals surface area (Å²) in [6.07, 6.45) is 0.717. The van der Waals surface area contributed by atoms with Gasteiger partial charge in [0.1, 0.15) is 5.69 Å². The largest absolute Gasteiger partial charge is 0.393 e. The minimum atomic E-state index is -0.443. The van der Waals surface area contributed by atoms with Crippen molar-refractivity contribution >= 4 is 11.4 Å². The molecule has 0 fully saturated rings. The minimum absolute atomic E-state index is 0.0110. The molecule has 13 heavy (non-hydrogen) atoms. The van der Waals surface area contributed by atoms with Crippen LogP contribution < -0.4 is 5.73 Å². The molecule has 1 aromatic rings. The van der Waals surface area contributed by atoms with Crippen molar-refractivity contribution in [1.82, 2.24) is 0 Å². The van der Waals surface area contributed by atoms with Gasteiger partial charge in [-0.15, -0.1) is 0 Å². The van der Waals surface area contributed by atoms with Crippen molar-refractivity contribution in [2.45, 2.75) is 20.3 Å². The van der Waals surface area contributed by atoms with Crippen molar-refractivity contribution in [3.05, 3.63) is 33.4 Å². The van der Waals surface area contributed by atoms with Gasteiger partial charge < -0.3 is 5.73 Å². The van der Waals surface area contributed by atoms with Crippen molar-refractivity contribution in [3.63, 3.8) is 0 Å². The van der Waals surface area contributed by atoms with Crippen LogP contribution in [0, 0.1) is 17.0 Å². The number of nitro groups is 1. The predicted molar refractivity (Wildman–Crippen MR) is 51.6 cm³/mol. The van der Waals surface area contributed by atoms with Crippen molar-refractivity contribution in [2.24, 2.45) is 0 Å². The van der Waals surface area contributed by atoms with Gasteiger partial charge in [-0.3, -0.25) is 10.1 Å². The second-order valence-corrected chi connectivity index (χ2v) is 2.97. The quantitative estimate of drug-likeness (QED) is 0.430. The van der Waals surface area contributed by atoms with E-state index in [9.17, 15) is 10.1 Å². The molecule has 0 heterocycles.